The van der Waals surface area contributed by atoms with Crippen molar-refractivity contribution in [3.63, 3.8) is 0 Å². The minimum atomic E-state index is -1.05. The van der Waals surface area contributed by atoms with Gasteiger partial charge in [0.2, 0.25) is 11.8 Å². The number of nitrogens with one attached hydrogen (secondary N) is 1. The van der Waals surface area contributed by atoms with Crippen LogP contribution in [0.2, 0.25) is 0 Å². The number of aryl methyl sites for hydroxylation is 1. The molecule has 3 amide bonds. The molecule has 0 aliphatic carbocycles. The smallest absolute Gasteiger partial charge is 0.312 e. The summed E-state index contributed by atoms with van der Waals surface area (Å²) < 4.78 is 5.32. The summed E-state index contributed by atoms with van der Waals surface area (Å²) in [5.74, 6) is -2.45. The van der Waals surface area contributed by atoms with Crippen LogP contribution in [0.25, 0.3) is 0 Å². The second-order valence-corrected chi connectivity index (χ2v) is 7.40. The van der Waals surface area contributed by atoms with Gasteiger partial charge in [0.15, 0.2) is 6.10 Å². The summed E-state index contributed by atoms with van der Waals surface area (Å²) in [6.45, 7) is 3.69. The largest absolute Gasteiger partial charge is 0.452 e. The van der Waals surface area contributed by atoms with E-state index in [1.807, 2.05) is 31.2 Å². The van der Waals surface area contributed by atoms with Gasteiger partial charge in [0.05, 0.1) is 5.92 Å². The molecule has 1 aliphatic rings. The van der Waals surface area contributed by atoms with E-state index in [0.29, 0.717) is 11.3 Å². The Morgan fingerprint density at radius 1 is 1.16 bits per heavy atom. The standard InChI is InChI=1S/C23H25N3O5/c1-3-15-6-4-5-7-19(15)26-13-17(12-20(26)27)23(30)31-14(2)22(29)25-18-10-8-16(9-11-18)21(24)28/h4-11,14,17H,3,12-13H2,1-2H3,(H2,24,28)(H,25,29)/t14-,17-/m1/s1. The Bertz CT molecular complexity index is 1000. The zero-order valence-corrected chi connectivity index (χ0v) is 17.5. The number of carbonyl (C=O) groups is 4. The summed E-state index contributed by atoms with van der Waals surface area (Å²) in [5.41, 5.74) is 7.78. The third-order valence-electron chi connectivity index (χ3n) is 5.22. The Morgan fingerprint density at radius 3 is 2.48 bits per heavy atom. The number of nitrogens with zero attached hydrogens (tertiary/aromatic N) is 1. The molecule has 0 unspecified atom stereocenters. The number of anilines is 2. The van der Waals surface area contributed by atoms with E-state index < -0.39 is 29.8 Å². The molecule has 1 aliphatic heterocycles. The van der Waals surface area contributed by atoms with E-state index in [9.17, 15) is 19.2 Å². The molecule has 0 saturated carbocycles. The Hall–Kier alpha value is -3.68. The summed E-state index contributed by atoms with van der Waals surface area (Å²) in [6, 6.07) is 13.6. The van der Waals surface area contributed by atoms with Gasteiger partial charge in [-0.3, -0.25) is 19.2 Å². The summed E-state index contributed by atoms with van der Waals surface area (Å²) in [7, 11) is 0. The number of rotatable bonds is 7. The second kappa shape index (κ2) is 9.42. The number of carbonyl (C=O) groups excluding carboxylic acids is 4. The Kier molecular flexibility index (Phi) is 6.69. The summed E-state index contributed by atoms with van der Waals surface area (Å²) in [6.07, 6.45) is -0.234. The molecule has 8 nitrogen and oxygen atoms in total. The summed E-state index contributed by atoms with van der Waals surface area (Å²) >= 11 is 0. The van der Waals surface area contributed by atoms with Gasteiger partial charge in [0.25, 0.3) is 5.91 Å². The number of para-hydroxylation sites is 1. The highest BCUT2D eigenvalue weighted by atomic mass is 16.5. The van der Waals surface area contributed by atoms with Gasteiger partial charge in [-0.2, -0.15) is 0 Å². The molecule has 2 atom stereocenters. The number of primary amides is 1. The number of benzene rings is 2. The number of hydrogen-bond acceptors (Lipinski definition) is 5. The molecule has 8 heteroatoms. The number of nitrogens with two attached hydrogens (primary N) is 1. The molecular weight excluding hydrogens is 398 g/mol. The van der Waals surface area contributed by atoms with Gasteiger partial charge in [-0.05, 0) is 49.2 Å². The van der Waals surface area contributed by atoms with Gasteiger partial charge >= 0.3 is 5.97 Å². The van der Waals surface area contributed by atoms with Crippen molar-refractivity contribution in [1.82, 2.24) is 0 Å². The van der Waals surface area contributed by atoms with Crippen LogP contribution >= 0.6 is 0 Å². The van der Waals surface area contributed by atoms with Crippen molar-refractivity contribution in [1.29, 1.82) is 0 Å². The number of amides is 3. The van der Waals surface area contributed by atoms with E-state index in [4.69, 9.17) is 10.5 Å². The van der Waals surface area contributed by atoms with Crippen molar-refractivity contribution < 1.29 is 23.9 Å². The lowest BCUT2D eigenvalue weighted by Crippen LogP contribution is -2.33. The minimum absolute atomic E-state index is 0.0415. The lowest BCUT2D eigenvalue weighted by Gasteiger charge is -2.20. The maximum Gasteiger partial charge on any atom is 0.312 e. The molecule has 31 heavy (non-hydrogen) atoms. The maximum absolute atomic E-state index is 12.6. The summed E-state index contributed by atoms with van der Waals surface area (Å²) in [4.78, 5) is 50.2. The molecule has 3 rings (SSSR count). The average Bonchev–Trinajstić information content (AvgIpc) is 3.15. The number of esters is 1. The highest BCUT2D eigenvalue weighted by Gasteiger charge is 2.37. The van der Waals surface area contributed by atoms with Crippen LogP contribution in [0.3, 0.4) is 0 Å². The first-order valence-corrected chi connectivity index (χ1v) is 10.1. The second-order valence-electron chi connectivity index (χ2n) is 7.40. The minimum Gasteiger partial charge on any atom is -0.452 e. The summed E-state index contributed by atoms with van der Waals surface area (Å²) in [5, 5.41) is 2.62. The topological polar surface area (TPSA) is 119 Å². The van der Waals surface area contributed by atoms with Crippen molar-refractivity contribution in [3.05, 3.63) is 59.7 Å². The zero-order valence-electron chi connectivity index (χ0n) is 17.5. The first-order valence-electron chi connectivity index (χ1n) is 10.1. The third-order valence-corrected chi connectivity index (χ3v) is 5.22. The van der Waals surface area contributed by atoms with Crippen LogP contribution < -0.4 is 16.0 Å². The predicted molar refractivity (Wildman–Crippen MR) is 115 cm³/mol. The van der Waals surface area contributed by atoms with Gasteiger partial charge in [0, 0.05) is 29.9 Å². The van der Waals surface area contributed by atoms with Crippen LogP contribution in [-0.4, -0.2) is 36.3 Å². The molecule has 0 bridgehead atoms. The molecule has 2 aromatic carbocycles. The van der Waals surface area contributed by atoms with Gasteiger partial charge in [-0.15, -0.1) is 0 Å². The molecule has 0 aromatic heterocycles. The monoisotopic (exact) mass is 423 g/mol. The zero-order chi connectivity index (χ0) is 22.5. The molecule has 3 N–H and O–H groups in total. The van der Waals surface area contributed by atoms with E-state index in [1.165, 1.54) is 31.2 Å². The fourth-order valence-electron chi connectivity index (χ4n) is 3.46. The van der Waals surface area contributed by atoms with E-state index in [1.54, 1.807) is 4.90 Å². The van der Waals surface area contributed by atoms with Crippen molar-refractivity contribution in [2.45, 2.75) is 32.8 Å². The van der Waals surface area contributed by atoms with Crippen LogP contribution in [-0.2, 0) is 25.5 Å². The van der Waals surface area contributed by atoms with Crippen molar-refractivity contribution in [2.24, 2.45) is 11.7 Å². The van der Waals surface area contributed by atoms with E-state index >= 15 is 0 Å². The molecule has 1 fully saturated rings. The molecule has 162 valence electrons. The van der Waals surface area contributed by atoms with Crippen LogP contribution in [0.5, 0.6) is 0 Å². The van der Waals surface area contributed by atoms with Crippen molar-refractivity contribution in [2.75, 3.05) is 16.8 Å². The first-order chi connectivity index (χ1) is 14.8. The first kappa shape index (κ1) is 22.0. The number of ether oxygens (including phenoxy) is 1. The van der Waals surface area contributed by atoms with Crippen LogP contribution in [0, 0.1) is 5.92 Å². The molecule has 2 aromatic rings. The van der Waals surface area contributed by atoms with Gasteiger partial charge in [-0.1, -0.05) is 25.1 Å². The highest BCUT2D eigenvalue weighted by Crippen LogP contribution is 2.29. The number of hydrogen-bond donors (Lipinski definition) is 2. The average molecular weight is 423 g/mol. The fraction of sp³-hybridized carbons (Fsp3) is 0.304. The predicted octanol–water partition coefficient (Wildman–Crippen LogP) is 2.27. The lowest BCUT2D eigenvalue weighted by molar-refractivity contribution is -0.157. The van der Waals surface area contributed by atoms with Crippen LogP contribution in [0.15, 0.2) is 48.5 Å². The van der Waals surface area contributed by atoms with Crippen LogP contribution in [0.4, 0.5) is 11.4 Å². The highest BCUT2D eigenvalue weighted by molar-refractivity contribution is 6.01. The van der Waals surface area contributed by atoms with Gasteiger partial charge in [0.1, 0.15) is 0 Å². The quantitative estimate of drug-likeness (QED) is 0.662. The Balaban J connectivity index is 1.58. The van der Waals surface area contributed by atoms with Crippen LogP contribution in [0.1, 0.15) is 36.2 Å². The SMILES string of the molecule is CCc1ccccc1N1C[C@H](C(=O)O[C@H](C)C(=O)Nc2ccc(C(N)=O)cc2)CC1=O. The fourth-order valence-corrected chi connectivity index (χ4v) is 3.46. The molecule has 1 saturated heterocycles. The Morgan fingerprint density at radius 2 is 1.84 bits per heavy atom. The Labute approximate surface area is 180 Å². The molecule has 1 heterocycles. The molecular formula is C23H25N3O5. The lowest BCUT2D eigenvalue weighted by atomic mass is 10.1. The van der Waals surface area contributed by atoms with E-state index in [0.717, 1.165) is 17.7 Å². The van der Waals surface area contributed by atoms with E-state index in [2.05, 4.69) is 5.32 Å². The van der Waals surface area contributed by atoms with E-state index in [-0.39, 0.29) is 18.9 Å². The normalized spacial score (nSPS) is 16.6. The van der Waals surface area contributed by atoms with Gasteiger partial charge < -0.3 is 20.7 Å². The maximum atomic E-state index is 12.6. The molecule has 0 spiro atoms. The van der Waals surface area contributed by atoms with Crippen molar-refractivity contribution in [3.8, 4) is 0 Å². The third kappa shape index (κ3) is 5.09. The van der Waals surface area contributed by atoms with Crippen molar-refractivity contribution >= 4 is 35.1 Å². The van der Waals surface area contributed by atoms with Gasteiger partial charge in [-0.25, -0.2) is 0 Å². The molecule has 0 radical (unpaired) electrons.